The first-order valence-corrected chi connectivity index (χ1v) is 8.65. The molecule has 0 aliphatic rings. The number of aromatic nitrogens is 2. The van der Waals surface area contributed by atoms with Gasteiger partial charge >= 0.3 is 0 Å². The summed E-state index contributed by atoms with van der Waals surface area (Å²) in [4.78, 5) is 16.5. The zero-order valence-corrected chi connectivity index (χ0v) is 14.8. The molecule has 27 heavy (non-hydrogen) atoms. The van der Waals surface area contributed by atoms with Crippen molar-refractivity contribution in [2.45, 2.75) is 12.8 Å². The van der Waals surface area contributed by atoms with E-state index in [0.717, 1.165) is 22.2 Å². The Morgan fingerprint density at radius 1 is 1.19 bits per heavy atom. The van der Waals surface area contributed by atoms with Crippen LogP contribution in [0.4, 0.5) is 10.1 Å². The quantitative estimate of drug-likeness (QED) is 0.566. The molecule has 2 aromatic heterocycles. The van der Waals surface area contributed by atoms with Gasteiger partial charge in [-0.3, -0.25) is 4.79 Å². The lowest BCUT2D eigenvalue weighted by molar-refractivity contribution is -0.116. The molecule has 5 nitrogen and oxygen atoms in total. The molecule has 1 N–H and O–H groups in total. The maximum atomic E-state index is 13.0. The number of rotatable bonds is 5. The van der Waals surface area contributed by atoms with E-state index in [-0.39, 0.29) is 18.1 Å². The topological polar surface area (TPSA) is 60.1 Å². The second kappa shape index (κ2) is 7.07. The second-order valence-corrected chi connectivity index (χ2v) is 6.34. The van der Waals surface area contributed by atoms with Gasteiger partial charge in [-0.05, 0) is 42.5 Å². The van der Waals surface area contributed by atoms with E-state index < -0.39 is 0 Å². The summed E-state index contributed by atoms with van der Waals surface area (Å²) in [5, 5.41) is 3.95. The molecule has 0 bridgehead atoms. The zero-order valence-electron chi connectivity index (χ0n) is 14.8. The molecule has 0 atom stereocenters. The number of anilines is 1. The molecule has 0 aliphatic heterocycles. The molecule has 0 radical (unpaired) electrons. The lowest BCUT2D eigenvalue weighted by Crippen LogP contribution is -2.12. The molecule has 0 saturated carbocycles. The predicted octanol–water partition coefficient (Wildman–Crippen LogP) is 4.54. The lowest BCUT2D eigenvalue weighted by atomic mass is 10.2. The van der Waals surface area contributed by atoms with Crippen LogP contribution < -0.4 is 5.32 Å². The standard InChI is InChI=1S/C21H18FN3O2/c1-25-12-11-16-17(3-2-4-18(16)25)24-20(26)9-10-21-23-13-19(27-21)14-5-7-15(22)8-6-14/h2-8,11-13H,9-10H2,1H3,(H,24,26). The summed E-state index contributed by atoms with van der Waals surface area (Å²) in [7, 11) is 1.97. The van der Waals surface area contributed by atoms with E-state index in [1.165, 1.54) is 12.1 Å². The summed E-state index contributed by atoms with van der Waals surface area (Å²) < 4.78 is 20.7. The number of aryl methyl sites for hydroxylation is 2. The molecule has 0 fully saturated rings. The third kappa shape index (κ3) is 3.60. The second-order valence-electron chi connectivity index (χ2n) is 6.34. The number of hydrogen-bond acceptors (Lipinski definition) is 3. The van der Waals surface area contributed by atoms with Crippen LogP contribution in [0.3, 0.4) is 0 Å². The van der Waals surface area contributed by atoms with Gasteiger partial charge in [0.05, 0.1) is 11.9 Å². The molecule has 0 saturated heterocycles. The third-order valence-electron chi connectivity index (χ3n) is 4.45. The smallest absolute Gasteiger partial charge is 0.224 e. The maximum Gasteiger partial charge on any atom is 0.224 e. The van der Waals surface area contributed by atoms with Crippen molar-refractivity contribution >= 4 is 22.5 Å². The Morgan fingerprint density at radius 2 is 2.00 bits per heavy atom. The van der Waals surface area contributed by atoms with Crippen LogP contribution >= 0.6 is 0 Å². The molecule has 136 valence electrons. The largest absolute Gasteiger partial charge is 0.441 e. The molecule has 1 amide bonds. The number of amides is 1. The molecule has 6 heteroatoms. The van der Waals surface area contributed by atoms with Crippen LogP contribution in [0.15, 0.2) is 65.3 Å². The maximum absolute atomic E-state index is 13.0. The summed E-state index contributed by atoms with van der Waals surface area (Å²) in [6.07, 6.45) is 4.19. The average Bonchev–Trinajstić information content (AvgIpc) is 3.29. The van der Waals surface area contributed by atoms with Gasteiger partial charge in [0.15, 0.2) is 11.7 Å². The van der Waals surface area contributed by atoms with Gasteiger partial charge < -0.3 is 14.3 Å². The third-order valence-corrected chi connectivity index (χ3v) is 4.45. The first-order chi connectivity index (χ1) is 13.1. The van der Waals surface area contributed by atoms with Crippen molar-refractivity contribution in [1.29, 1.82) is 0 Å². The van der Waals surface area contributed by atoms with Crippen LogP contribution in [0.25, 0.3) is 22.2 Å². The Kier molecular flexibility index (Phi) is 4.46. The first kappa shape index (κ1) is 17.0. The summed E-state index contributed by atoms with van der Waals surface area (Å²) in [5.74, 6) is 0.623. The van der Waals surface area contributed by atoms with Crippen LogP contribution in [-0.2, 0) is 18.3 Å². The fourth-order valence-corrected chi connectivity index (χ4v) is 3.02. The van der Waals surface area contributed by atoms with Gasteiger partial charge in [0, 0.05) is 42.6 Å². The molecule has 0 aliphatic carbocycles. The highest BCUT2D eigenvalue weighted by molar-refractivity contribution is 6.01. The fourth-order valence-electron chi connectivity index (χ4n) is 3.02. The molecular weight excluding hydrogens is 345 g/mol. The highest BCUT2D eigenvalue weighted by Gasteiger charge is 2.11. The summed E-state index contributed by atoms with van der Waals surface area (Å²) >= 11 is 0. The summed E-state index contributed by atoms with van der Waals surface area (Å²) in [6, 6.07) is 13.8. The molecule has 4 rings (SSSR count). The number of fused-ring (bicyclic) bond motifs is 1. The Hall–Kier alpha value is -3.41. The molecule has 4 aromatic rings. The van der Waals surface area contributed by atoms with Gasteiger partial charge in [0.2, 0.25) is 5.91 Å². The predicted molar refractivity (Wildman–Crippen MR) is 102 cm³/mol. The van der Waals surface area contributed by atoms with Gasteiger partial charge in [-0.2, -0.15) is 0 Å². The van der Waals surface area contributed by atoms with Crippen LogP contribution in [-0.4, -0.2) is 15.5 Å². The zero-order chi connectivity index (χ0) is 18.8. The van der Waals surface area contributed by atoms with E-state index in [1.54, 1.807) is 18.3 Å². The molecule has 0 spiro atoms. The number of hydrogen-bond donors (Lipinski definition) is 1. The van der Waals surface area contributed by atoms with E-state index in [1.807, 2.05) is 42.1 Å². The number of benzene rings is 2. The van der Waals surface area contributed by atoms with Crippen molar-refractivity contribution in [2.75, 3.05) is 5.32 Å². The number of carbonyl (C=O) groups is 1. The van der Waals surface area contributed by atoms with Crippen LogP contribution in [0.5, 0.6) is 0 Å². The van der Waals surface area contributed by atoms with Crippen molar-refractivity contribution < 1.29 is 13.6 Å². The van der Waals surface area contributed by atoms with E-state index in [0.29, 0.717) is 18.1 Å². The molecular formula is C21H18FN3O2. The number of nitrogens with one attached hydrogen (secondary N) is 1. The summed E-state index contributed by atoms with van der Waals surface area (Å²) in [5.41, 5.74) is 2.59. The number of carbonyl (C=O) groups excluding carboxylic acids is 1. The molecule has 0 unspecified atom stereocenters. The van der Waals surface area contributed by atoms with Crippen molar-refractivity contribution in [2.24, 2.45) is 7.05 Å². The Bertz CT molecular complexity index is 1100. The molecule has 2 heterocycles. The number of halogens is 1. The van der Waals surface area contributed by atoms with E-state index in [4.69, 9.17) is 4.42 Å². The van der Waals surface area contributed by atoms with Crippen LogP contribution in [0.1, 0.15) is 12.3 Å². The summed E-state index contributed by atoms with van der Waals surface area (Å²) in [6.45, 7) is 0. The van der Waals surface area contributed by atoms with Crippen molar-refractivity contribution in [1.82, 2.24) is 9.55 Å². The van der Waals surface area contributed by atoms with Gasteiger partial charge in [-0.15, -0.1) is 0 Å². The van der Waals surface area contributed by atoms with Gasteiger partial charge in [-0.25, -0.2) is 9.37 Å². The Labute approximate surface area is 155 Å². The molecule has 2 aromatic carbocycles. The van der Waals surface area contributed by atoms with E-state index in [2.05, 4.69) is 10.3 Å². The monoisotopic (exact) mass is 363 g/mol. The van der Waals surface area contributed by atoms with Crippen LogP contribution in [0.2, 0.25) is 0 Å². The number of nitrogens with zero attached hydrogens (tertiary/aromatic N) is 2. The minimum absolute atomic E-state index is 0.104. The van der Waals surface area contributed by atoms with Crippen LogP contribution in [0, 0.1) is 5.82 Å². The number of oxazole rings is 1. The van der Waals surface area contributed by atoms with Crippen molar-refractivity contribution in [3.05, 3.63) is 72.6 Å². The SMILES string of the molecule is Cn1ccc2c(NC(=O)CCc3ncc(-c4ccc(F)cc4)o3)cccc21. The lowest BCUT2D eigenvalue weighted by Gasteiger charge is -2.06. The fraction of sp³-hybridized carbons (Fsp3) is 0.143. The minimum atomic E-state index is -0.302. The van der Waals surface area contributed by atoms with Gasteiger partial charge in [-0.1, -0.05) is 6.07 Å². The van der Waals surface area contributed by atoms with Crippen molar-refractivity contribution in [3.63, 3.8) is 0 Å². The Balaban J connectivity index is 1.40. The average molecular weight is 363 g/mol. The van der Waals surface area contributed by atoms with Crippen molar-refractivity contribution in [3.8, 4) is 11.3 Å². The van der Waals surface area contributed by atoms with E-state index >= 15 is 0 Å². The van der Waals surface area contributed by atoms with E-state index in [9.17, 15) is 9.18 Å². The van der Waals surface area contributed by atoms with Gasteiger partial charge in [0.25, 0.3) is 0 Å². The normalized spacial score (nSPS) is 11.0. The highest BCUT2D eigenvalue weighted by atomic mass is 19.1. The van der Waals surface area contributed by atoms with Gasteiger partial charge in [0.1, 0.15) is 5.82 Å². The highest BCUT2D eigenvalue weighted by Crippen LogP contribution is 2.24. The minimum Gasteiger partial charge on any atom is -0.441 e. The Morgan fingerprint density at radius 3 is 2.81 bits per heavy atom. The first-order valence-electron chi connectivity index (χ1n) is 8.65.